The molecule has 1 aromatic rings. The molecule has 0 saturated carbocycles. The molecule has 1 heterocycles. The predicted octanol–water partition coefficient (Wildman–Crippen LogP) is 0.683. The maximum Gasteiger partial charge on any atom is 0.238 e. The summed E-state index contributed by atoms with van der Waals surface area (Å²) in [5.41, 5.74) is 6.68. The van der Waals surface area contributed by atoms with Gasteiger partial charge in [0.1, 0.15) is 0 Å². The van der Waals surface area contributed by atoms with E-state index in [0.717, 1.165) is 13.0 Å². The number of carbonyl (C=O) groups is 2. The molecule has 0 atom stereocenters. The highest BCUT2D eigenvalue weighted by molar-refractivity contribution is 6.33. The van der Waals surface area contributed by atoms with Crippen molar-refractivity contribution in [2.45, 2.75) is 6.42 Å². The Bertz CT molecular complexity index is 521. The third kappa shape index (κ3) is 4.11. The third-order valence-corrected chi connectivity index (χ3v) is 3.33. The normalized spacial score (nSPS) is 16.4. The molecule has 1 aromatic carbocycles. The zero-order valence-electron chi connectivity index (χ0n) is 11.0. The van der Waals surface area contributed by atoms with Gasteiger partial charge in [0.05, 0.1) is 23.8 Å². The van der Waals surface area contributed by atoms with E-state index in [4.69, 9.17) is 17.3 Å². The van der Waals surface area contributed by atoms with Gasteiger partial charge in [0.2, 0.25) is 11.8 Å². The summed E-state index contributed by atoms with van der Waals surface area (Å²) in [4.78, 5) is 25.2. The summed E-state index contributed by atoms with van der Waals surface area (Å²) < 4.78 is 0. The molecular weight excluding hydrogens is 280 g/mol. The lowest BCUT2D eigenvalue weighted by Gasteiger charge is -2.17. The number of halogens is 1. The molecule has 0 aliphatic carbocycles. The van der Waals surface area contributed by atoms with Crippen molar-refractivity contribution in [2.24, 2.45) is 0 Å². The minimum atomic E-state index is -0.179. The number of amides is 2. The van der Waals surface area contributed by atoms with E-state index in [1.54, 1.807) is 18.2 Å². The maximum absolute atomic E-state index is 11.9. The van der Waals surface area contributed by atoms with Gasteiger partial charge in [-0.05, 0) is 24.6 Å². The zero-order valence-corrected chi connectivity index (χ0v) is 11.7. The Morgan fingerprint density at radius 2 is 2.30 bits per heavy atom. The van der Waals surface area contributed by atoms with Crippen LogP contribution in [0, 0.1) is 0 Å². The van der Waals surface area contributed by atoms with Crippen molar-refractivity contribution in [3.8, 4) is 0 Å². The van der Waals surface area contributed by atoms with Gasteiger partial charge in [0, 0.05) is 18.8 Å². The molecule has 108 valence electrons. The number of nitrogen functional groups attached to an aromatic ring is 1. The summed E-state index contributed by atoms with van der Waals surface area (Å²) in [6.45, 7) is 1.80. The standard InChI is InChI=1S/C13H17ClN4O2/c14-10-3-2-9(6-11(10)15)17-13(20)8-18-5-1-4-16-12(19)7-18/h2-3,6H,1,4-5,7-8,15H2,(H,16,19)(H,17,20). The lowest BCUT2D eigenvalue weighted by atomic mass is 10.2. The summed E-state index contributed by atoms with van der Waals surface area (Å²) >= 11 is 5.82. The molecule has 1 aliphatic heterocycles. The Hall–Kier alpha value is -1.79. The first-order chi connectivity index (χ1) is 9.54. The summed E-state index contributed by atoms with van der Waals surface area (Å²) in [6.07, 6.45) is 0.840. The Balaban J connectivity index is 1.91. The van der Waals surface area contributed by atoms with Crippen molar-refractivity contribution in [1.82, 2.24) is 10.2 Å². The average Bonchev–Trinajstić information content (AvgIpc) is 2.58. The molecule has 1 saturated heterocycles. The van der Waals surface area contributed by atoms with Gasteiger partial charge in [0.15, 0.2) is 0 Å². The lowest BCUT2D eigenvalue weighted by Crippen LogP contribution is -2.38. The molecule has 4 N–H and O–H groups in total. The van der Waals surface area contributed by atoms with Crippen LogP contribution < -0.4 is 16.4 Å². The monoisotopic (exact) mass is 296 g/mol. The smallest absolute Gasteiger partial charge is 0.238 e. The number of carbonyl (C=O) groups excluding carboxylic acids is 2. The van der Waals surface area contributed by atoms with Gasteiger partial charge in [-0.1, -0.05) is 11.6 Å². The van der Waals surface area contributed by atoms with Crippen LogP contribution >= 0.6 is 11.6 Å². The van der Waals surface area contributed by atoms with Crippen molar-refractivity contribution in [3.63, 3.8) is 0 Å². The maximum atomic E-state index is 11.9. The van der Waals surface area contributed by atoms with E-state index < -0.39 is 0 Å². The topological polar surface area (TPSA) is 87.5 Å². The van der Waals surface area contributed by atoms with Crippen LogP contribution in [0.25, 0.3) is 0 Å². The van der Waals surface area contributed by atoms with Crippen molar-refractivity contribution in [3.05, 3.63) is 23.2 Å². The first kappa shape index (κ1) is 14.6. The highest BCUT2D eigenvalue weighted by Gasteiger charge is 2.17. The first-order valence-electron chi connectivity index (χ1n) is 6.38. The minimum absolute atomic E-state index is 0.0500. The van der Waals surface area contributed by atoms with Crippen LogP contribution in [0.3, 0.4) is 0 Å². The predicted molar refractivity (Wildman–Crippen MR) is 78.6 cm³/mol. The number of rotatable bonds is 3. The second-order valence-electron chi connectivity index (χ2n) is 4.70. The fraction of sp³-hybridized carbons (Fsp3) is 0.385. The van der Waals surface area contributed by atoms with E-state index in [2.05, 4.69) is 10.6 Å². The molecule has 2 rings (SSSR count). The quantitative estimate of drug-likeness (QED) is 0.716. The number of benzene rings is 1. The minimum Gasteiger partial charge on any atom is -0.397 e. The fourth-order valence-corrected chi connectivity index (χ4v) is 2.15. The molecule has 0 bridgehead atoms. The lowest BCUT2D eigenvalue weighted by molar-refractivity contribution is -0.122. The van der Waals surface area contributed by atoms with Crippen LogP contribution in [0.5, 0.6) is 0 Å². The van der Waals surface area contributed by atoms with Crippen molar-refractivity contribution < 1.29 is 9.59 Å². The van der Waals surface area contributed by atoms with E-state index in [1.165, 1.54) is 0 Å². The van der Waals surface area contributed by atoms with Gasteiger partial charge in [-0.15, -0.1) is 0 Å². The van der Waals surface area contributed by atoms with Gasteiger partial charge in [-0.3, -0.25) is 14.5 Å². The number of anilines is 2. The van der Waals surface area contributed by atoms with E-state index in [1.807, 2.05) is 4.90 Å². The second kappa shape index (κ2) is 6.58. The molecule has 1 aliphatic rings. The van der Waals surface area contributed by atoms with Gasteiger partial charge in [-0.2, -0.15) is 0 Å². The van der Waals surface area contributed by atoms with Gasteiger partial charge >= 0.3 is 0 Å². The van der Waals surface area contributed by atoms with E-state index >= 15 is 0 Å². The number of nitrogens with one attached hydrogen (secondary N) is 2. The molecule has 1 fully saturated rings. The van der Waals surface area contributed by atoms with Crippen LogP contribution in [-0.4, -0.2) is 42.9 Å². The van der Waals surface area contributed by atoms with Gasteiger partial charge in [-0.25, -0.2) is 0 Å². The Kier molecular flexibility index (Phi) is 4.81. The molecule has 0 spiro atoms. The number of hydrogen-bond acceptors (Lipinski definition) is 4. The summed E-state index contributed by atoms with van der Waals surface area (Å²) in [7, 11) is 0. The molecule has 0 unspecified atom stereocenters. The van der Waals surface area contributed by atoms with Crippen LogP contribution in [0.15, 0.2) is 18.2 Å². The Morgan fingerprint density at radius 3 is 3.05 bits per heavy atom. The van der Waals surface area contributed by atoms with Crippen molar-refractivity contribution in [2.75, 3.05) is 37.2 Å². The second-order valence-corrected chi connectivity index (χ2v) is 5.11. The van der Waals surface area contributed by atoms with Crippen molar-refractivity contribution in [1.29, 1.82) is 0 Å². The fourth-order valence-electron chi connectivity index (χ4n) is 2.03. The highest BCUT2D eigenvalue weighted by Crippen LogP contribution is 2.22. The van der Waals surface area contributed by atoms with Crippen LogP contribution in [0.2, 0.25) is 5.02 Å². The largest absolute Gasteiger partial charge is 0.397 e. The van der Waals surface area contributed by atoms with Gasteiger partial charge < -0.3 is 16.4 Å². The van der Waals surface area contributed by atoms with Crippen LogP contribution in [0.4, 0.5) is 11.4 Å². The van der Waals surface area contributed by atoms with E-state index in [0.29, 0.717) is 22.9 Å². The highest BCUT2D eigenvalue weighted by atomic mass is 35.5. The average molecular weight is 297 g/mol. The molecule has 0 aromatic heterocycles. The number of nitrogens with two attached hydrogens (primary N) is 1. The molecule has 6 nitrogen and oxygen atoms in total. The molecular formula is C13H17ClN4O2. The number of hydrogen-bond donors (Lipinski definition) is 3. The SMILES string of the molecule is Nc1cc(NC(=O)CN2CCCNC(=O)C2)ccc1Cl. The van der Waals surface area contributed by atoms with E-state index in [-0.39, 0.29) is 24.9 Å². The van der Waals surface area contributed by atoms with Gasteiger partial charge in [0.25, 0.3) is 0 Å². The molecule has 2 amide bonds. The zero-order chi connectivity index (χ0) is 14.5. The third-order valence-electron chi connectivity index (χ3n) is 2.99. The Labute approximate surface area is 122 Å². The molecule has 7 heteroatoms. The molecule has 20 heavy (non-hydrogen) atoms. The van der Waals surface area contributed by atoms with Crippen LogP contribution in [-0.2, 0) is 9.59 Å². The summed E-state index contributed by atoms with van der Waals surface area (Å²) in [5, 5.41) is 5.96. The summed E-state index contributed by atoms with van der Waals surface area (Å²) in [5.74, 6) is -0.229. The first-order valence-corrected chi connectivity index (χ1v) is 6.76. The molecule has 0 radical (unpaired) electrons. The summed E-state index contributed by atoms with van der Waals surface area (Å²) in [6, 6.07) is 4.92. The van der Waals surface area contributed by atoms with E-state index in [9.17, 15) is 9.59 Å². The van der Waals surface area contributed by atoms with Crippen molar-refractivity contribution >= 4 is 34.8 Å². The number of nitrogens with zero attached hydrogens (tertiary/aromatic N) is 1. The van der Waals surface area contributed by atoms with Crippen LogP contribution in [0.1, 0.15) is 6.42 Å². The Morgan fingerprint density at radius 1 is 1.50 bits per heavy atom.